The SMILES string of the molecule is CC(C)Cc1ccc(C2C(N)CCC(=O)N2C(C)C)cc1. The molecule has 2 rings (SSSR count). The molecular formula is C18H28N2O. The van der Waals surface area contributed by atoms with Crippen molar-refractivity contribution in [1.29, 1.82) is 0 Å². The lowest BCUT2D eigenvalue weighted by molar-refractivity contribution is -0.139. The monoisotopic (exact) mass is 288 g/mol. The van der Waals surface area contributed by atoms with Crippen molar-refractivity contribution >= 4 is 5.91 Å². The molecule has 1 aromatic rings. The normalized spacial score (nSPS) is 23.2. The number of carbonyl (C=O) groups is 1. The molecule has 1 aliphatic heterocycles. The molecule has 21 heavy (non-hydrogen) atoms. The van der Waals surface area contributed by atoms with Crippen molar-refractivity contribution in [3.63, 3.8) is 0 Å². The molecular weight excluding hydrogens is 260 g/mol. The highest BCUT2D eigenvalue weighted by molar-refractivity contribution is 5.78. The smallest absolute Gasteiger partial charge is 0.223 e. The van der Waals surface area contributed by atoms with E-state index in [4.69, 9.17) is 5.73 Å². The van der Waals surface area contributed by atoms with Gasteiger partial charge >= 0.3 is 0 Å². The summed E-state index contributed by atoms with van der Waals surface area (Å²) in [6.45, 7) is 8.58. The fraction of sp³-hybridized carbons (Fsp3) is 0.611. The van der Waals surface area contributed by atoms with Gasteiger partial charge < -0.3 is 10.6 Å². The Bertz CT molecular complexity index is 478. The standard InChI is InChI=1S/C18H28N2O/c1-12(2)11-14-5-7-15(8-6-14)18-16(19)9-10-17(21)20(18)13(3)4/h5-8,12-13,16,18H,9-11,19H2,1-4H3. The molecule has 1 heterocycles. The van der Waals surface area contributed by atoms with Gasteiger partial charge in [0.15, 0.2) is 0 Å². The number of benzene rings is 1. The van der Waals surface area contributed by atoms with E-state index in [0.717, 1.165) is 18.4 Å². The van der Waals surface area contributed by atoms with Crippen LogP contribution in [0.2, 0.25) is 0 Å². The van der Waals surface area contributed by atoms with E-state index < -0.39 is 0 Å². The Morgan fingerprint density at radius 1 is 1.19 bits per heavy atom. The number of piperidine rings is 1. The summed E-state index contributed by atoms with van der Waals surface area (Å²) >= 11 is 0. The molecule has 2 unspecified atom stereocenters. The third-order valence-electron chi connectivity index (χ3n) is 4.21. The molecule has 0 saturated carbocycles. The zero-order valence-electron chi connectivity index (χ0n) is 13.7. The molecule has 0 aromatic heterocycles. The van der Waals surface area contributed by atoms with Crippen molar-refractivity contribution in [2.24, 2.45) is 11.7 Å². The fourth-order valence-corrected chi connectivity index (χ4v) is 3.28. The Kier molecular flexibility index (Phi) is 5.04. The summed E-state index contributed by atoms with van der Waals surface area (Å²) in [5.74, 6) is 0.879. The Labute approximate surface area is 128 Å². The summed E-state index contributed by atoms with van der Waals surface area (Å²) in [6.07, 6.45) is 2.44. The van der Waals surface area contributed by atoms with Crippen molar-refractivity contribution < 1.29 is 4.79 Å². The first-order chi connectivity index (χ1) is 9.90. The topological polar surface area (TPSA) is 46.3 Å². The van der Waals surface area contributed by atoms with Crippen molar-refractivity contribution in [3.8, 4) is 0 Å². The van der Waals surface area contributed by atoms with Crippen LogP contribution in [0.25, 0.3) is 0 Å². The average Bonchev–Trinajstić information content (AvgIpc) is 2.41. The van der Waals surface area contributed by atoms with E-state index in [9.17, 15) is 4.79 Å². The highest BCUT2D eigenvalue weighted by atomic mass is 16.2. The summed E-state index contributed by atoms with van der Waals surface area (Å²) in [5.41, 5.74) is 8.84. The lowest BCUT2D eigenvalue weighted by atomic mass is 9.88. The van der Waals surface area contributed by atoms with E-state index in [-0.39, 0.29) is 24.0 Å². The van der Waals surface area contributed by atoms with Gasteiger partial charge in [-0.05, 0) is 43.7 Å². The van der Waals surface area contributed by atoms with Crippen molar-refractivity contribution in [2.75, 3.05) is 0 Å². The summed E-state index contributed by atoms with van der Waals surface area (Å²) in [6, 6.07) is 8.88. The quantitative estimate of drug-likeness (QED) is 0.924. The molecule has 0 bridgehead atoms. The van der Waals surface area contributed by atoms with Crippen LogP contribution in [-0.2, 0) is 11.2 Å². The highest BCUT2D eigenvalue weighted by Gasteiger charge is 2.36. The number of amides is 1. The summed E-state index contributed by atoms with van der Waals surface area (Å²) in [4.78, 5) is 14.2. The molecule has 2 N–H and O–H groups in total. The summed E-state index contributed by atoms with van der Waals surface area (Å²) in [7, 11) is 0. The second-order valence-electron chi connectivity index (χ2n) is 6.88. The largest absolute Gasteiger partial charge is 0.332 e. The molecule has 0 spiro atoms. The summed E-state index contributed by atoms with van der Waals surface area (Å²) in [5, 5.41) is 0. The van der Waals surface area contributed by atoms with E-state index in [0.29, 0.717) is 12.3 Å². The third kappa shape index (κ3) is 3.65. The molecule has 1 fully saturated rings. The van der Waals surface area contributed by atoms with Gasteiger partial charge in [0.1, 0.15) is 0 Å². The maximum Gasteiger partial charge on any atom is 0.223 e. The molecule has 1 amide bonds. The minimum absolute atomic E-state index is 0.0133. The molecule has 2 atom stereocenters. The van der Waals surface area contributed by atoms with Gasteiger partial charge in [-0.25, -0.2) is 0 Å². The first-order valence-corrected chi connectivity index (χ1v) is 8.05. The molecule has 1 aliphatic rings. The van der Waals surface area contributed by atoms with E-state index >= 15 is 0 Å². The van der Waals surface area contributed by atoms with Gasteiger partial charge in [0.2, 0.25) is 5.91 Å². The van der Waals surface area contributed by atoms with E-state index in [2.05, 4.69) is 52.0 Å². The second-order valence-corrected chi connectivity index (χ2v) is 6.88. The minimum atomic E-state index is 0.0133. The van der Waals surface area contributed by atoms with Crippen molar-refractivity contribution in [1.82, 2.24) is 4.90 Å². The molecule has 116 valence electrons. The van der Waals surface area contributed by atoms with Gasteiger partial charge in [0, 0.05) is 18.5 Å². The Morgan fingerprint density at radius 2 is 1.81 bits per heavy atom. The lowest BCUT2D eigenvalue weighted by Gasteiger charge is -2.42. The number of likely N-dealkylation sites (tertiary alicyclic amines) is 1. The van der Waals surface area contributed by atoms with E-state index in [1.807, 2.05) is 4.90 Å². The number of hydrogen-bond donors (Lipinski definition) is 1. The predicted molar refractivity (Wildman–Crippen MR) is 86.9 cm³/mol. The highest BCUT2D eigenvalue weighted by Crippen LogP contribution is 2.32. The van der Waals surface area contributed by atoms with Crippen LogP contribution in [-0.4, -0.2) is 22.9 Å². The number of nitrogens with two attached hydrogens (primary N) is 1. The van der Waals surface area contributed by atoms with Crippen LogP contribution >= 0.6 is 0 Å². The van der Waals surface area contributed by atoms with Crippen molar-refractivity contribution in [3.05, 3.63) is 35.4 Å². The first kappa shape index (κ1) is 16.0. The number of hydrogen-bond acceptors (Lipinski definition) is 2. The predicted octanol–water partition coefficient (Wildman–Crippen LogP) is 3.28. The van der Waals surface area contributed by atoms with Gasteiger partial charge in [-0.15, -0.1) is 0 Å². The molecule has 0 aliphatic carbocycles. The zero-order chi connectivity index (χ0) is 15.6. The molecule has 1 saturated heterocycles. The number of rotatable bonds is 4. The van der Waals surface area contributed by atoms with Crippen LogP contribution in [0.15, 0.2) is 24.3 Å². The Balaban J connectivity index is 2.26. The molecule has 0 radical (unpaired) electrons. The lowest BCUT2D eigenvalue weighted by Crippen LogP contribution is -2.51. The Morgan fingerprint density at radius 3 is 2.33 bits per heavy atom. The number of carbonyl (C=O) groups excluding carboxylic acids is 1. The van der Waals surface area contributed by atoms with Crippen LogP contribution in [0.4, 0.5) is 0 Å². The van der Waals surface area contributed by atoms with Gasteiger partial charge in [0.05, 0.1) is 6.04 Å². The Hall–Kier alpha value is -1.35. The number of nitrogens with zero attached hydrogens (tertiary/aromatic N) is 1. The van der Waals surface area contributed by atoms with Crippen LogP contribution in [0.3, 0.4) is 0 Å². The van der Waals surface area contributed by atoms with Crippen LogP contribution in [0, 0.1) is 5.92 Å². The maximum atomic E-state index is 12.2. The second kappa shape index (κ2) is 6.61. The van der Waals surface area contributed by atoms with Gasteiger partial charge in [-0.3, -0.25) is 4.79 Å². The maximum absolute atomic E-state index is 12.2. The van der Waals surface area contributed by atoms with E-state index in [1.165, 1.54) is 5.56 Å². The average molecular weight is 288 g/mol. The van der Waals surface area contributed by atoms with Crippen LogP contribution in [0.1, 0.15) is 57.7 Å². The minimum Gasteiger partial charge on any atom is -0.332 e. The van der Waals surface area contributed by atoms with Gasteiger partial charge in [-0.2, -0.15) is 0 Å². The zero-order valence-corrected chi connectivity index (χ0v) is 13.7. The van der Waals surface area contributed by atoms with Gasteiger partial charge in [-0.1, -0.05) is 38.1 Å². The molecule has 3 nitrogen and oxygen atoms in total. The third-order valence-corrected chi connectivity index (χ3v) is 4.21. The van der Waals surface area contributed by atoms with Crippen LogP contribution < -0.4 is 5.73 Å². The summed E-state index contributed by atoms with van der Waals surface area (Å²) < 4.78 is 0. The molecule has 1 aromatic carbocycles. The molecule has 3 heteroatoms. The first-order valence-electron chi connectivity index (χ1n) is 8.05. The fourth-order valence-electron chi connectivity index (χ4n) is 3.28. The van der Waals surface area contributed by atoms with Gasteiger partial charge in [0.25, 0.3) is 0 Å². The van der Waals surface area contributed by atoms with Crippen molar-refractivity contribution in [2.45, 2.75) is 65.1 Å². The van der Waals surface area contributed by atoms with E-state index in [1.54, 1.807) is 0 Å². The van der Waals surface area contributed by atoms with Crippen LogP contribution in [0.5, 0.6) is 0 Å².